The van der Waals surface area contributed by atoms with Gasteiger partial charge in [-0.05, 0) is 47.1 Å². The van der Waals surface area contributed by atoms with Crippen molar-refractivity contribution >= 4 is 33.3 Å². The van der Waals surface area contributed by atoms with Gasteiger partial charge >= 0.3 is 0 Å². The average Bonchev–Trinajstić information content (AvgIpc) is 3.40. The summed E-state index contributed by atoms with van der Waals surface area (Å²) in [5.74, 6) is 1.03. The lowest BCUT2D eigenvalue weighted by atomic mass is 9.87. The van der Waals surface area contributed by atoms with Crippen molar-refractivity contribution in [2.75, 3.05) is 38.6 Å². The molecule has 11 heteroatoms. The fourth-order valence-electron chi connectivity index (χ4n) is 5.20. The van der Waals surface area contributed by atoms with Gasteiger partial charge in [0.25, 0.3) is 0 Å². The van der Waals surface area contributed by atoms with Gasteiger partial charge in [0.15, 0.2) is 0 Å². The van der Waals surface area contributed by atoms with Crippen LogP contribution in [0.4, 0.5) is 11.8 Å². The SMILES string of the molecule is COC[C@@H](C)Nc1nc(C)c(-c2nc3c(C)nccc3s2)c(N[C@@H]2C[C@H](C(C)(C)O)[C@@H](OC)[C@H]2OC)n1. The van der Waals surface area contributed by atoms with Gasteiger partial charge in [0.2, 0.25) is 5.95 Å². The van der Waals surface area contributed by atoms with E-state index < -0.39 is 5.60 Å². The molecular weight excluding hydrogens is 492 g/mol. The number of nitrogens with one attached hydrogen (secondary N) is 2. The maximum absolute atomic E-state index is 10.9. The van der Waals surface area contributed by atoms with Gasteiger partial charge in [-0.1, -0.05) is 0 Å². The number of rotatable bonds is 10. The molecule has 1 aliphatic rings. The number of hydrogen-bond acceptors (Lipinski definition) is 11. The number of hydrogen-bond donors (Lipinski definition) is 3. The molecule has 0 amide bonds. The highest BCUT2D eigenvalue weighted by atomic mass is 32.1. The molecule has 3 aromatic heterocycles. The summed E-state index contributed by atoms with van der Waals surface area (Å²) in [6.07, 6.45) is 1.89. The minimum Gasteiger partial charge on any atom is -0.390 e. The van der Waals surface area contributed by atoms with Gasteiger partial charge in [-0.15, -0.1) is 11.3 Å². The Kier molecular flexibility index (Phi) is 8.29. The third kappa shape index (κ3) is 5.70. The predicted molar refractivity (Wildman–Crippen MR) is 146 cm³/mol. The second-order valence-corrected chi connectivity index (χ2v) is 11.3. The maximum Gasteiger partial charge on any atom is 0.225 e. The fraction of sp³-hybridized carbons (Fsp3) is 0.615. The summed E-state index contributed by atoms with van der Waals surface area (Å²) < 4.78 is 18.0. The Labute approximate surface area is 222 Å². The first-order valence-electron chi connectivity index (χ1n) is 12.5. The largest absolute Gasteiger partial charge is 0.390 e. The van der Waals surface area contributed by atoms with Crippen molar-refractivity contribution in [1.82, 2.24) is 19.9 Å². The van der Waals surface area contributed by atoms with E-state index in [1.165, 1.54) is 0 Å². The van der Waals surface area contributed by atoms with Crippen LogP contribution >= 0.6 is 11.3 Å². The average molecular weight is 531 g/mol. The molecule has 0 bridgehead atoms. The first-order valence-corrected chi connectivity index (χ1v) is 13.3. The highest BCUT2D eigenvalue weighted by molar-refractivity contribution is 7.21. The molecule has 10 nitrogen and oxygen atoms in total. The van der Waals surface area contributed by atoms with Gasteiger partial charge in [-0.2, -0.15) is 4.98 Å². The normalized spacial score (nSPS) is 22.9. The van der Waals surface area contributed by atoms with Crippen LogP contribution in [0.2, 0.25) is 0 Å². The molecule has 5 atom stereocenters. The van der Waals surface area contributed by atoms with E-state index >= 15 is 0 Å². The van der Waals surface area contributed by atoms with E-state index in [0.29, 0.717) is 24.8 Å². The molecule has 1 saturated carbocycles. The van der Waals surface area contributed by atoms with Crippen LogP contribution in [0.25, 0.3) is 20.8 Å². The lowest BCUT2D eigenvalue weighted by molar-refractivity contribution is -0.0871. The van der Waals surface area contributed by atoms with Crippen LogP contribution in [0.15, 0.2) is 12.3 Å². The Bertz CT molecular complexity index is 1230. The van der Waals surface area contributed by atoms with Crippen molar-refractivity contribution < 1.29 is 19.3 Å². The third-order valence-corrected chi connectivity index (χ3v) is 8.02. The van der Waals surface area contributed by atoms with E-state index in [1.807, 2.05) is 40.7 Å². The lowest BCUT2D eigenvalue weighted by Gasteiger charge is -2.31. The van der Waals surface area contributed by atoms with Crippen LogP contribution in [0.5, 0.6) is 0 Å². The zero-order chi connectivity index (χ0) is 26.9. The van der Waals surface area contributed by atoms with E-state index in [4.69, 9.17) is 29.2 Å². The van der Waals surface area contributed by atoms with Gasteiger partial charge in [-0.25, -0.2) is 9.97 Å². The van der Waals surface area contributed by atoms with E-state index in [1.54, 1.807) is 38.9 Å². The molecule has 0 unspecified atom stereocenters. The van der Waals surface area contributed by atoms with Crippen molar-refractivity contribution in [3.63, 3.8) is 0 Å². The van der Waals surface area contributed by atoms with E-state index in [2.05, 4.69) is 15.6 Å². The Balaban J connectivity index is 1.79. The summed E-state index contributed by atoms with van der Waals surface area (Å²) in [4.78, 5) is 19.0. The van der Waals surface area contributed by atoms with Gasteiger partial charge in [0, 0.05) is 39.5 Å². The Morgan fingerprint density at radius 3 is 2.46 bits per heavy atom. The number of methoxy groups -OCH3 is 3. The number of anilines is 2. The highest BCUT2D eigenvalue weighted by Crippen LogP contribution is 2.41. The standard InChI is InChI=1S/C26H38N6O4S/c1-13(12-34-6)28-25-29-14(2)19(24-31-20-15(3)27-10-9-18(20)37-24)23(32-25)30-17-11-16(26(4,5)33)21(35-7)22(17)36-8/h9-10,13,16-17,21-22,33H,11-12H2,1-8H3,(H2,28,29,30,32)/t13-,16+,17-,21-,22+/m1/s1. The minimum absolute atomic E-state index is 0.0231. The molecule has 3 N–H and O–H groups in total. The third-order valence-electron chi connectivity index (χ3n) is 6.98. The van der Waals surface area contributed by atoms with Crippen LogP contribution in [-0.4, -0.2) is 82.9 Å². The first-order chi connectivity index (χ1) is 17.6. The highest BCUT2D eigenvalue weighted by Gasteiger charge is 2.50. The Hall–Kier alpha value is -2.44. The van der Waals surface area contributed by atoms with Crippen molar-refractivity contribution in [3.05, 3.63) is 23.7 Å². The zero-order valence-electron chi connectivity index (χ0n) is 22.8. The quantitative estimate of drug-likeness (QED) is 0.356. The number of aryl methyl sites for hydroxylation is 2. The second-order valence-electron chi connectivity index (χ2n) is 10.3. The Morgan fingerprint density at radius 1 is 1.11 bits per heavy atom. The molecule has 3 heterocycles. The van der Waals surface area contributed by atoms with Gasteiger partial charge < -0.3 is 30.0 Å². The number of ether oxygens (including phenoxy) is 3. The van der Waals surface area contributed by atoms with Crippen molar-refractivity contribution in [3.8, 4) is 10.6 Å². The molecule has 3 aromatic rings. The predicted octanol–water partition coefficient (Wildman–Crippen LogP) is 3.81. The second kappa shape index (κ2) is 11.1. The van der Waals surface area contributed by atoms with Crippen molar-refractivity contribution in [1.29, 1.82) is 0 Å². The molecule has 0 aromatic carbocycles. The van der Waals surface area contributed by atoms with Gasteiger partial charge in [-0.3, -0.25) is 4.98 Å². The molecule has 202 valence electrons. The Morgan fingerprint density at radius 2 is 1.84 bits per heavy atom. The molecule has 0 spiro atoms. The molecule has 0 saturated heterocycles. The smallest absolute Gasteiger partial charge is 0.225 e. The summed E-state index contributed by atoms with van der Waals surface area (Å²) in [5, 5.41) is 18.6. The number of aromatic nitrogens is 4. The summed E-state index contributed by atoms with van der Waals surface area (Å²) in [5.41, 5.74) is 2.45. The number of aliphatic hydroxyl groups is 1. The van der Waals surface area contributed by atoms with Gasteiger partial charge in [0.1, 0.15) is 22.4 Å². The van der Waals surface area contributed by atoms with Gasteiger partial charge in [0.05, 0.1) is 46.0 Å². The summed E-state index contributed by atoms with van der Waals surface area (Å²) in [7, 11) is 5.00. The molecule has 1 aliphatic carbocycles. The molecule has 1 fully saturated rings. The van der Waals surface area contributed by atoms with E-state index in [-0.39, 0.29) is 30.2 Å². The lowest BCUT2D eigenvalue weighted by Crippen LogP contribution is -2.42. The van der Waals surface area contributed by atoms with Crippen molar-refractivity contribution in [2.24, 2.45) is 5.92 Å². The molecule has 4 rings (SSSR count). The zero-order valence-corrected chi connectivity index (χ0v) is 23.6. The molecule has 0 radical (unpaired) electrons. The summed E-state index contributed by atoms with van der Waals surface area (Å²) in [6, 6.07) is 1.85. The summed E-state index contributed by atoms with van der Waals surface area (Å²) in [6.45, 7) is 10.1. The van der Waals surface area contributed by atoms with E-state index in [0.717, 1.165) is 32.2 Å². The first kappa shape index (κ1) is 27.6. The van der Waals surface area contributed by atoms with Crippen LogP contribution in [0.3, 0.4) is 0 Å². The molecule has 37 heavy (non-hydrogen) atoms. The maximum atomic E-state index is 10.9. The van der Waals surface area contributed by atoms with E-state index in [9.17, 15) is 5.11 Å². The van der Waals surface area contributed by atoms with Crippen LogP contribution < -0.4 is 10.6 Å². The molecular formula is C26H38N6O4S. The minimum atomic E-state index is -0.932. The number of pyridine rings is 1. The monoisotopic (exact) mass is 530 g/mol. The van der Waals surface area contributed by atoms with Crippen LogP contribution in [0.1, 0.15) is 38.6 Å². The topological polar surface area (TPSA) is 124 Å². The number of nitrogens with zero attached hydrogens (tertiary/aromatic N) is 4. The van der Waals surface area contributed by atoms with Crippen molar-refractivity contribution in [2.45, 2.75) is 70.9 Å². The fourth-order valence-corrected chi connectivity index (χ4v) is 6.31. The van der Waals surface area contributed by atoms with Crippen LogP contribution in [-0.2, 0) is 14.2 Å². The molecule has 0 aliphatic heterocycles. The number of thiazole rings is 1. The number of fused-ring (bicyclic) bond motifs is 1. The summed E-state index contributed by atoms with van der Waals surface area (Å²) >= 11 is 1.59. The van der Waals surface area contributed by atoms with Crippen LogP contribution in [0, 0.1) is 19.8 Å².